The molecular formula is C22H29IN6O2. The van der Waals surface area contributed by atoms with Crippen LogP contribution in [0.5, 0.6) is 0 Å². The SMILES string of the molecule is CCNC(=NCc1ncc(-c2ccc(C)cc2)o1)N1CCOC(c2cnn(C)c2)C1.I. The first-order valence-electron chi connectivity index (χ1n) is 10.3. The Morgan fingerprint density at radius 3 is 2.77 bits per heavy atom. The summed E-state index contributed by atoms with van der Waals surface area (Å²) in [7, 11) is 1.91. The van der Waals surface area contributed by atoms with Gasteiger partial charge in [0.2, 0.25) is 5.89 Å². The molecule has 3 heterocycles. The van der Waals surface area contributed by atoms with E-state index < -0.39 is 0 Å². The van der Waals surface area contributed by atoms with Crippen molar-refractivity contribution in [1.82, 2.24) is 25.0 Å². The van der Waals surface area contributed by atoms with Crippen molar-refractivity contribution in [2.24, 2.45) is 12.0 Å². The first kappa shape index (κ1) is 23.3. The zero-order valence-electron chi connectivity index (χ0n) is 18.1. The van der Waals surface area contributed by atoms with Gasteiger partial charge in [0, 0.05) is 37.5 Å². The van der Waals surface area contributed by atoms with Gasteiger partial charge in [0.15, 0.2) is 11.7 Å². The number of rotatable bonds is 5. The van der Waals surface area contributed by atoms with Gasteiger partial charge in [0.05, 0.1) is 25.5 Å². The molecule has 1 fully saturated rings. The van der Waals surface area contributed by atoms with Gasteiger partial charge in [-0.1, -0.05) is 29.8 Å². The molecule has 0 amide bonds. The molecule has 0 radical (unpaired) electrons. The number of morpholine rings is 1. The van der Waals surface area contributed by atoms with Crippen LogP contribution in [0.2, 0.25) is 0 Å². The van der Waals surface area contributed by atoms with Gasteiger partial charge in [-0.2, -0.15) is 5.10 Å². The monoisotopic (exact) mass is 536 g/mol. The molecule has 1 aliphatic heterocycles. The summed E-state index contributed by atoms with van der Waals surface area (Å²) in [5.41, 5.74) is 3.31. The molecule has 1 saturated heterocycles. The first-order chi connectivity index (χ1) is 14.6. The van der Waals surface area contributed by atoms with E-state index in [-0.39, 0.29) is 30.1 Å². The van der Waals surface area contributed by atoms with Crippen molar-refractivity contribution in [3.8, 4) is 11.3 Å². The van der Waals surface area contributed by atoms with Gasteiger partial charge < -0.3 is 19.4 Å². The zero-order chi connectivity index (χ0) is 20.9. The van der Waals surface area contributed by atoms with Gasteiger partial charge in [-0.25, -0.2) is 9.98 Å². The average Bonchev–Trinajstić information content (AvgIpc) is 3.41. The van der Waals surface area contributed by atoms with Gasteiger partial charge in [-0.05, 0) is 13.8 Å². The lowest BCUT2D eigenvalue weighted by Gasteiger charge is -2.34. The highest BCUT2D eigenvalue weighted by molar-refractivity contribution is 14.0. The van der Waals surface area contributed by atoms with Gasteiger partial charge in [-0.15, -0.1) is 24.0 Å². The largest absolute Gasteiger partial charge is 0.439 e. The van der Waals surface area contributed by atoms with Gasteiger partial charge in [0.25, 0.3) is 0 Å². The Balaban J connectivity index is 0.00000272. The van der Waals surface area contributed by atoms with Crippen LogP contribution in [0, 0.1) is 6.92 Å². The molecule has 0 bridgehead atoms. The summed E-state index contributed by atoms with van der Waals surface area (Å²) < 4.78 is 13.7. The van der Waals surface area contributed by atoms with E-state index in [1.165, 1.54) is 5.56 Å². The second kappa shape index (κ2) is 10.8. The summed E-state index contributed by atoms with van der Waals surface area (Å²) in [6.45, 7) is 7.43. The van der Waals surface area contributed by atoms with Crippen LogP contribution in [0.15, 0.2) is 52.3 Å². The maximum Gasteiger partial charge on any atom is 0.216 e. The quantitative estimate of drug-likeness (QED) is 0.305. The summed E-state index contributed by atoms with van der Waals surface area (Å²) in [5.74, 6) is 2.19. The highest BCUT2D eigenvalue weighted by Gasteiger charge is 2.25. The number of nitrogens with one attached hydrogen (secondary N) is 1. The maximum absolute atomic E-state index is 5.95. The Labute approximate surface area is 199 Å². The van der Waals surface area contributed by atoms with E-state index in [0.717, 1.165) is 42.5 Å². The average molecular weight is 536 g/mol. The van der Waals surface area contributed by atoms with Crippen molar-refractivity contribution in [3.63, 3.8) is 0 Å². The molecule has 2 aromatic heterocycles. The van der Waals surface area contributed by atoms with Crippen LogP contribution >= 0.6 is 24.0 Å². The molecule has 1 atom stereocenters. The van der Waals surface area contributed by atoms with E-state index in [4.69, 9.17) is 14.1 Å². The number of benzene rings is 1. The Morgan fingerprint density at radius 2 is 2.06 bits per heavy atom. The van der Waals surface area contributed by atoms with E-state index in [1.807, 2.05) is 31.6 Å². The highest BCUT2D eigenvalue weighted by Crippen LogP contribution is 2.23. The maximum atomic E-state index is 5.95. The van der Waals surface area contributed by atoms with Crippen molar-refractivity contribution >= 4 is 29.9 Å². The normalized spacial score (nSPS) is 16.8. The van der Waals surface area contributed by atoms with E-state index >= 15 is 0 Å². The smallest absolute Gasteiger partial charge is 0.216 e. The van der Waals surface area contributed by atoms with Crippen molar-refractivity contribution in [2.45, 2.75) is 26.5 Å². The summed E-state index contributed by atoms with van der Waals surface area (Å²) in [5, 5.41) is 7.63. The Bertz CT molecular complexity index is 998. The van der Waals surface area contributed by atoms with Crippen LogP contribution in [0.3, 0.4) is 0 Å². The molecule has 1 aromatic carbocycles. The summed E-state index contributed by atoms with van der Waals surface area (Å²) in [4.78, 5) is 11.4. The third-order valence-electron chi connectivity index (χ3n) is 5.05. The molecule has 1 aliphatic rings. The van der Waals surface area contributed by atoms with E-state index in [9.17, 15) is 0 Å². The van der Waals surface area contributed by atoms with Crippen LogP contribution in [-0.2, 0) is 18.3 Å². The minimum atomic E-state index is -0.0221. The number of oxazole rings is 1. The topological polar surface area (TPSA) is 80.7 Å². The molecular weight excluding hydrogens is 507 g/mol. The fraction of sp³-hybridized carbons (Fsp3) is 0.409. The standard InChI is InChI=1S/C22H28N6O2.HI/c1-4-23-22(28-9-10-29-20(15-28)18-11-26-27(3)14-18)25-13-21-24-12-19(30-21)17-7-5-16(2)6-8-17;/h5-8,11-12,14,20H,4,9-10,13,15H2,1-3H3,(H,23,25);1H. The second-order valence-electron chi connectivity index (χ2n) is 7.41. The van der Waals surface area contributed by atoms with Crippen LogP contribution in [-0.4, -0.2) is 51.9 Å². The van der Waals surface area contributed by atoms with E-state index in [1.54, 1.807) is 10.9 Å². The Hall–Kier alpha value is -2.40. The lowest BCUT2D eigenvalue weighted by molar-refractivity contribution is -0.00806. The number of ether oxygens (including phenoxy) is 1. The molecule has 1 N–H and O–H groups in total. The van der Waals surface area contributed by atoms with Crippen molar-refractivity contribution in [2.75, 3.05) is 26.2 Å². The van der Waals surface area contributed by atoms with Crippen molar-refractivity contribution < 1.29 is 9.15 Å². The molecule has 8 nitrogen and oxygen atoms in total. The summed E-state index contributed by atoms with van der Waals surface area (Å²) >= 11 is 0. The van der Waals surface area contributed by atoms with Crippen LogP contribution in [0.1, 0.15) is 30.0 Å². The number of aliphatic imine (C=N–C) groups is 1. The number of nitrogens with zero attached hydrogens (tertiary/aromatic N) is 5. The fourth-order valence-electron chi connectivity index (χ4n) is 3.45. The lowest BCUT2D eigenvalue weighted by atomic mass is 10.1. The van der Waals surface area contributed by atoms with Crippen LogP contribution in [0.4, 0.5) is 0 Å². The first-order valence-corrected chi connectivity index (χ1v) is 10.3. The number of halogens is 1. The molecule has 0 aliphatic carbocycles. The van der Waals surface area contributed by atoms with E-state index in [2.05, 4.69) is 46.3 Å². The number of hydrogen-bond acceptors (Lipinski definition) is 5. The number of aryl methyl sites for hydroxylation is 2. The summed E-state index contributed by atoms with van der Waals surface area (Å²) in [6.07, 6.45) is 5.59. The van der Waals surface area contributed by atoms with Crippen LogP contribution in [0.25, 0.3) is 11.3 Å². The molecule has 0 saturated carbocycles. The van der Waals surface area contributed by atoms with Crippen molar-refractivity contribution in [1.29, 1.82) is 0 Å². The molecule has 4 rings (SSSR count). The van der Waals surface area contributed by atoms with E-state index in [0.29, 0.717) is 19.0 Å². The number of hydrogen-bond donors (Lipinski definition) is 1. The molecule has 31 heavy (non-hydrogen) atoms. The zero-order valence-corrected chi connectivity index (χ0v) is 20.4. The predicted molar refractivity (Wildman–Crippen MR) is 130 cm³/mol. The minimum Gasteiger partial charge on any atom is -0.439 e. The molecule has 3 aromatic rings. The minimum absolute atomic E-state index is 0. The number of guanidine groups is 1. The second-order valence-corrected chi connectivity index (χ2v) is 7.41. The predicted octanol–water partition coefficient (Wildman–Crippen LogP) is 3.54. The molecule has 9 heteroatoms. The molecule has 1 unspecified atom stereocenters. The Kier molecular flexibility index (Phi) is 8.08. The molecule has 166 valence electrons. The van der Waals surface area contributed by atoms with Gasteiger partial charge >= 0.3 is 0 Å². The molecule has 0 spiro atoms. The fourth-order valence-corrected chi connectivity index (χ4v) is 3.45. The summed E-state index contributed by atoms with van der Waals surface area (Å²) in [6, 6.07) is 8.21. The number of aromatic nitrogens is 3. The third-order valence-corrected chi connectivity index (χ3v) is 5.05. The van der Waals surface area contributed by atoms with Gasteiger partial charge in [-0.3, -0.25) is 4.68 Å². The lowest BCUT2D eigenvalue weighted by Crippen LogP contribution is -2.48. The highest BCUT2D eigenvalue weighted by atomic mass is 127. The van der Waals surface area contributed by atoms with Crippen LogP contribution < -0.4 is 5.32 Å². The Morgan fingerprint density at radius 1 is 1.26 bits per heavy atom. The van der Waals surface area contributed by atoms with Gasteiger partial charge in [0.1, 0.15) is 12.6 Å². The third kappa shape index (κ3) is 5.85. The van der Waals surface area contributed by atoms with Crippen molar-refractivity contribution in [3.05, 3.63) is 59.9 Å².